The minimum Gasteiger partial charge on any atom is -0.391 e. The topological polar surface area (TPSA) is 75.4 Å². The molecule has 4 nitrogen and oxygen atoms in total. The molecule has 0 aromatic heterocycles. The fourth-order valence-corrected chi connectivity index (χ4v) is 1.86. The summed E-state index contributed by atoms with van der Waals surface area (Å²) in [6, 6.07) is -0.574. The third-order valence-corrected chi connectivity index (χ3v) is 3.08. The number of rotatable bonds is 3. The van der Waals surface area contributed by atoms with Gasteiger partial charge >= 0.3 is 0 Å². The fourth-order valence-electron chi connectivity index (χ4n) is 1.86. The van der Waals surface area contributed by atoms with Gasteiger partial charge in [-0.3, -0.25) is 4.79 Å². The van der Waals surface area contributed by atoms with Crippen LogP contribution in [0.5, 0.6) is 0 Å². The van der Waals surface area contributed by atoms with Gasteiger partial charge in [0.15, 0.2) is 0 Å². The number of aliphatic hydroxyl groups excluding tert-OH is 1. The Morgan fingerprint density at radius 3 is 2.44 bits per heavy atom. The number of aliphatic hydroxyl groups is 1. The van der Waals surface area contributed by atoms with Crippen LogP contribution in [0.3, 0.4) is 0 Å². The van der Waals surface area contributed by atoms with E-state index in [-0.39, 0.29) is 30.3 Å². The molecular weight excluding hydrogens is 228 g/mol. The summed E-state index contributed by atoms with van der Waals surface area (Å²) in [6.07, 6.45) is 3.35. The number of amides is 1. The van der Waals surface area contributed by atoms with E-state index < -0.39 is 12.1 Å². The summed E-state index contributed by atoms with van der Waals surface area (Å²) in [5.74, 6) is -0.0123. The average Bonchev–Trinajstić information content (AvgIpc) is 2.20. The highest BCUT2D eigenvalue weighted by Crippen LogP contribution is 2.18. The van der Waals surface area contributed by atoms with Crippen molar-refractivity contribution in [1.29, 1.82) is 0 Å². The molecule has 1 amide bonds. The second-order valence-corrected chi connectivity index (χ2v) is 4.74. The summed E-state index contributed by atoms with van der Waals surface area (Å²) in [6.45, 7) is 3.84. The zero-order valence-electron chi connectivity index (χ0n) is 9.98. The van der Waals surface area contributed by atoms with E-state index in [2.05, 4.69) is 5.32 Å². The van der Waals surface area contributed by atoms with Crippen molar-refractivity contribution >= 4 is 18.3 Å². The van der Waals surface area contributed by atoms with E-state index in [1.807, 2.05) is 13.8 Å². The van der Waals surface area contributed by atoms with Crippen molar-refractivity contribution in [1.82, 2.24) is 5.32 Å². The van der Waals surface area contributed by atoms with E-state index >= 15 is 0 Å². The molecule has 0 radical (unpaired) electrons. The number of carbonyl (C=O) groups is 1. The second kappa shape index (κ2) is 7.09. The summed E-state index contributed by atoms with van der Waals surface area (Å²) >= 11 is 0. The third kappa shape index (κ3) is 4.28. The van der Waals surface area contributed by atoms with Crippen LogP contribution in [0.2, 0.25) is 0 Å². The molecule has 0 spiro atoms. The molecule has 0 aromatic rings. The van der Waals surface area contributed by atoms with Crippen molar-refractivity contribution < 1.29 is 9.90 Å². The molecular formula is C11H23ClN2O2. The SMILES string of the molecule is CC(C)[C@@H](N)C(=O)N[C@@H]1CCCC[C@H]1O.Cl. The molecule has 1 aliphatic carbocycles. The maximum atomic E-state index is 11.7. The predicted molar refractivity (Wildman–Crippen MR) is 66.5 cm³/mol. The van der Waals surface area contributed by atoms with Crippen LogP contribution >= 0.6 is 12.4 Å². The van der Waals surface area contributed by atoms with Crippen LogP contribution in [0.15, 0.2) is 0 Å². The van der Waals surface area contributed by atoms with E-state index in [0.29, 0.717) is 0 Å². The van der Waals surface area contributed by atoms with E-state index in [1.54, 1.807) is 0 Å². The van der Waals surface area contributed by atoms with Gasteiger partial charge in [-0.05, 0) is 18.8 Å². The maximum absolute atomic E-state index is 11.7. The smallest absolute Gasteiger partial charge is 0.237 e. The molecule has 0 aromatic carbocycles. The van der Waals surface area contributed by atoms with Gasteiger partial charge in [0.25, 0.3) is 0 Å². The minimum atomic E-state index is -0.473. The standard InChI is InChI=1S/C11H22N2O2.ClH/c1-7(2)10(12)11(15)13-8-5-3-4-6-9(8)14;/h7-10,14H,3-6,12H2,1-2H3,(H,13,15);1H/t8-,9-,10-;/m1./s1. The number of carbonyl (C=O) groups excluding carboxylic acids is 1. The molecule has 0 heterocycles. The zero-order valence-corrected chi connectivity index (χ0v) is 10.8. The van der Waals surface area contributed by atoms with Crippen molar-refractivity contribution in [2.24, 2.45) is 11.7 Å². The van der Waals surface area contributed by atoms with Gasteiger partial charge in [-0.2, -0.15) is 0 Å². The molecule has 1 fully saturated rings. The first kappa shape index (κ1) is 15.7. The van der Waals surface area contributed by atoms with Gasteiger partial charge in [0.1, 0.15) is 0 Å². The molecule has 0 aliphatic heterocycles. The molecule has 1 rings (SSSR count). The van der Waals surface area contributed by atoms with Crippen molar-refractivity contribution in [2.45, 2.75) is 57.7 Å². The number of nitrogens with two attached hydrogens (primary N) is 1. The number of halogens is 1. The van der Waals surface area contributed by atoms with Gasteiger partial charge in [-0.1, -0.05) is 26.7 Å². The summed E-state index contributed by atoms with van der Waals surface area (Å²) < 4.78 is 0. The van der Waals surface area contributed by atoms with Gasteiger partial charge in [0.2, 0.25) is 5.91 Å². The van der Waals surface area contributed by atoms with Gasteiger partial charge in [-0.15, -0.1) is 12.4 Å². The van der Waals surface area contributed by atoms with E-state index in [4.69, 9.17) is 5.73 Å². The highest BCUT2D eigenvalue weighted by Gasteiger charge is 2.27. The first-order valence-electron chi connectivity index (χ1n) is 5.76. The van der Waals surface area contributed by atoms with Crippen molar-refractivity contribution in [3.63, 3.8) is 0 Å². The molecule has 4 N–H and O–H groups in total. The molecule has 1 aliphatic rings. The Kier molecular flexibility index (Phi) is 6.95. The molecule has 0 unspecified atom stereocenters. The van der Waals surface area contributed by atoms with Gasteiger partial charge in [-0.25, -0.2) is 0 Å². The molecule has 3 atom stereocenters. The Morgan fingerprint density at radius 2 is 1.94 bits per heavy atom. The van der Waals surface area contributed by atoms with Crippen LogP contribution in [-0.4, -0.2) is 29.2 Å². The van der Waals surface area contributed by atoms with Crippen LogP contribution in [0, 0.1) is 5.92 Å². The van der Waals surface area contributed by atoms with Crippen LogP contribution < -0.4 is 11.1 Å². The summed E-state index contributed by atoms with van der Waals surface area (Å²) in [4.78, 5) is 11.7. The Balaban J connectivity index is 0.00000225. The Bertz CT molecular complexity index is 224. The van der Waals surface area contributed by atoms with Crippen molar-refractivity contribution in [2.75, 3.05) is 0 Å². The lowest BCUT2D eigenvalue weighted by Crippen LogP contribution is -2.52. The van der Waals surface area contributed by atoms with Crippen LogP contribution in [-0.2, 0) is 4.79 Å². The van der Waals surface area contributed by atoms with E-state index in [0.717, 1.165) is 25.7 Å². The Labute approximate surface area is 103 Å². The monoisotopic (exact) mass is 250 g/mol. The Hall–Kier alpha value is -0.320. The summed E-state index contributed by atoms with van der Waals surface area (Å²) in [7, 11) is 0. The van der Waals surface area contributed by atoms with Gasteiger partial charge in [0.05, 0.1) is 18.2 Å². The fraction of sp³-hybridized carbons (Fsp3) is 0.909. The number of hydrogen-bond acceptors (Lipinski definition) is 3. The van der Waals surface area contributed by atoms with Crippen molar-refractivity contribution in [3.05, 3.63) is 0 Å². The second-order valence-electron chi connectivity index (χ2n) is 4.74. The molecule has 0 saturated heterocycles. The Morgan fingerprint density at radius 1 is 1.38 bits per heavy atom. The molecule has 5 heteroatoms. The quantitative estimate of drug-likeness (QED) is 0.694. The number of hydrogen-bond donors (Lipinski definition) is 3. The number of nitrogens with one attached hydrogen (secondary N) is 1. The average molecular weight is 251 g/mol. The lowest BCUT2D eigenvalue weighted by molar-refractivity contribution is -0.125. The van der Waals surface area contributed by atoms with Crippen LogP contribution in [0.4, 0.5) is 0 Å². The highest BCUT2D eigenvalue weighted by molar-refractivity contribution is 5.85. The highest BCUT2D eigenvalue weighted by atomic mass is 35.5. The third-order valence-electron chi connectivity index (χ3n) is 3.08. The predicted octanol–water partition coefficient (Wildman–Crippen LogP) is 0.811. The lowest BCUT2D eigenvalue weighted by Gasteiger charge is -2.29. The molecule has 16 heavy (non-hydrogen) atoms. The largest absolute Gasteiger partial charge is 0.391 e. The zero-order chi connectivity index (χ0) is 11.4. The lowest BCUT2D eigenvalue weighted by atomic mass is 9.92. The maximum Gasteiger partial charge on any atom is 0.237 e. The van der Waals surface area contributed by atoms with E-state index in [1.165, 1.54) is 0 Å². The van der Waals surface area contributed by atoms with Gasteiger partial charge in [0, 0.05) is 0 Å². The normalized spacial score (nSPS) is 27.1. The van der Waals surface area contributed by atoms with Crippen LogP contribution in [0.1, 0.15) is 39.5 Å². The van der Waals surface area contributed by atoms with E-state index in [9.17, 15) is 9.90 Å². The first-order valence-corrected chi connectivity index (χ1v) is 5.76. The summed E-state index contributed by atoms with van der Waals surface area (Å²) in [5, 5.41) is 12.5. The van der Waals surface area contributed by atoms with Crippen molar-refractivity contribution in [3.8, 4) is 0 Å². The van der Waals surface area contributed by atoms with Crippen LogP contribution in [0.25, 0.3) is 0 Å². The molecule has 1 saturated carbocycles. The minimum absolute atomic E-state index is 0. The van der Waals surface area contributed by atoms with Gasteiger partial charge < -0.3 is 16.2 Å². The first-order chi connectivity index (χ1) is 7.02. The molecule has 96 valence electrons. The summed E-state index contributed by atoms with van der Waals surface area (Å²) in [5.41, 5.74) is 5.73. The molecule has 0 bridgehead atoms.